The molecule has 13 heavy (non-hydrogen) atoms. The molecule has 0 aliphatic carbocycles. The van der Waals surface area contributed by atoms with Gasteiger partial charge in [-0.25, -0.2) is 0 Å². The molecule has 2 N–H and O–H groups in total. The normalized spacial score (nSPS) is 15.6. The van der Waals surface area contributed by atoms with Crippen molar-refractivity contribution in [3.05, 3.63) is 22.4 Å². The molecule has 1 aromatic rings. The van der Waals surface area contributed by atoms with Crippen molar-refractivity contribution in [2.45, 2.75) is 39.2 Å². The summed E-state index contributed by atoms with van der Waals surface area (Å²) in [5, 5.41) is 4.38. The van der Waals surface area contributed by atoms with Crippen LogP contribution in [0.25, 0.3) is 0 Å². The van der Waals surface area contributed by atoms with Crippen molar-refractivity contribution in [1.82, 2.24) is 0 Å². The molecule has 74 valence electrons. The van der Waals surface area contributed by atoms with Crippen LogP contribution in [0.15, 0.2) is 16.8 Å². The highest BCUT2D eigenvalue weighted by Crippen LogP contribution is 2.15. The average Bonchev–Trinajstić information content (AvgIpc) is 2.51. The zero-order valence-electron chi connectivity index (χ0n) is 8.49. The van der Waals surface area contributed by atoms with Gasteiger partial charge in [0.05, 0.1) is 0 Å². The third-order valence-electron chi connectivity index (χ3n) is 2.28. The van der Waals surface area contributed by atoms with E-state index in [-0.39, 0.29) is 0 Å². The van der Waals surface area contributed by atoms with Crippen LogP contribution < -0.4 is 5.73 Å². The van der Waals surface area contributed by atoms with E-state index in [1.165, 1.54) is 18.4 Å². The Labute approximate surface area is 85.0 Å². The van der Waals surface area contributed by atoms with Crippen LogP contribution in [0.1, 0.15) is 32.3 Å². The van der Waals surface area contributed by atoms with E-state index in [1.807, 2.05) is 0 Å². The zero-order valence-corrected chi connectivity index (χ0v) is 9.31. The molecule has 0 saturated carbocycles. The molecule has 0 aromatic carbocycles. The van der Waals surface area contributed by atoms with Gasteiger partial charge in [0.1, 0.15) is 0 Å². The number of aryl methyl sites for hydroxylation is 1. The van der Waals surface area contributed by atoms with Crippen LogP contribution in [-0.2, 0) is 6.42 Å². The SMILES string of the molecule is CC(N)CC(C)CCc1ccsc1. The van der Waals surface area contributed by atoms with E-state index in [4.69, 9.17) is 5.73 Å². The second-order valence-corrected chi connectivity index (χ2v) is 4.77. The average molecular weight is 197 g/mol. The summed E-state index contributed by atoms with van der Waals surface area (Å²) in [6.45, 7) is 4.37. The maximum absolute atomic E-state index is 5.74. The Morgan fingerprint density at radius 2 is 2.23 bits per heavy atom. The van der Waals surface area contributed by atoms with E-state index in [9.17, 15) is 0 Å². The van der Waals surface area contributed by atoms with Gasteiger partial charge in [-0.05, 0) is 54.5 Å². The van der Waals surface area contributed by atoms with Crippen LogP contribution in [0.2, 0.25) is 0 Å². The Kier molecular flexibility index (Phi) is 4.46. The molecule has 0 aliphatic rings. The third-order valence-corrected chi connectivity index (χ3v) is 3.01. The van der Waals surface area contributed by atoms with Crippen LogP contribution in [0, 0.1) is 5.92 Å². The van der Waals surface area contributed by atoms with Gasteiger partial charge in [-0.2, -0.15) is 11.3 Å². The zero-order chi connectivity index (χ0) is 9.68. The molecular formula is C11H19NS. The smallest absolute Gasteiger partial charge is 0.00130 e. The first-order valence-corrected chi connectivity index (χ1v) is 5.89. The molecule has 2 heteroatoms. The number of nitrogens with two attached hydrogens (primary N) is 1. The standard InChI is InChI=1S/C11H19NS/c1-9(7-10(2)12)3-4-11-5-6-13-8-11/h5-6,8-10H,3-4,7,12H2,1-2H3. The lowest BCUT2D eigenvalue weighted by molar-refractivity contribution is 0.452. The minimum atomic E-state index is 0.345. The second kappa shape index (κ2) is 5.40. The summed E-state index contributed by atoms with van der Waals surface area (Å²) in [6, 6.07) is 2.56. The molecular weight excluding hydrogens is 178 g/mol. The summed E-state index contributed by atoms with van der Waals surface area (Å²) in [6.07, 6.45) is 3.61. The van der Waals surface area contributed by atoms with Gasteiger partial charge in [0.2, 0.25) is 0 Å². The van der Waals surface area contributed by atoms with Gasteiger partial charge >= 0.3 is 0 Å². The van der Waals surface area contributed by atoms with Gasteiger partial charge < -0.3 is 5.73 Å². The topological polar surface area (TPSA) is 26.0 Å². The summed E-state index contributed by atoms with van der Waals surface area (Å²) in [5.74, 6) is 0.750. The van der Waals surface area contributed by atoms with E-state index in [1.54, 1.807) is 11.3 Å². The first-order valence-electron chi connectivity index (χ1n) is 4.95. The molecule has 0 amide bonds. The van der Waals surface area contributed by atoms with Crippen LogP contribution >= 0.6 is 11.3 Å². The first kappa shape index (κ1) is 10.7. The highest BCUT2D eigenvalue weighted by atomic mass is 32.1. The number of hydrogen-bond donors (Lipinski definition) is 1. The highest BCUT2D eigenvalue weighted by Gasteiger charge is 2.05. The quantitative estimate of drug-likeness (QED) is 0.771. The van der Waals surface area contributed by atoms with Gasteiger partial charge in [0.15, 0.2) is 0 Å². The minimum absolute atomic E-state index is 0.345. The van der Waals surface area contributed by atoms with Gasteiger partial charge in [-0.1, -0.05) is 6.92 Å². The molecule has 0 saturated heterocycles. The van der Waals surface area contributed by atoms with Crippen molar-refractivity contribution in [3.8, 4) is 0 Å². The van der Waals surface area contributed by atoms with Crippen molar-refractivity contribution >= 4 is 11.3 Å². The van der Waals surface area contributed by atoms with Crippen LogP contribution in [0.4, 0.5) is 0 Å². The highest BCUT2D eigenvalue weighted by molar-refractivity contribution is 7.07. The molecule has 0 aliphatic heterocycles. The molecule has 1 rings (SSSR count). The lowest BCUT2D eigenvalue weighted by Crippen LogP contribution is -2.18. The van der Waals surface area contributed by atoms with Crippen LogP contribution in [-0.4, -0.2) is 6.04 Å². The number of hydrogen-bond acceptors (Lipinski definition) is 2. The first-order chi connectivity index (χ1) is 6.18. The van der Waals surface area contributed by atoms with Gasteiger partial charge in [-0.15, -0.1) is 0 Å². The van der Waals surface area contributed by atoms with E-state index >= 15 is 0 Å². The lowest BCUT2D eigenvalue weighted by atomic mass is 9.96. The van der Waals surface area contributed by atoms with Gasteiger partial charge in [0.25, 0.3) is 0 Å². The van der Waals surface area contributed by atoms with E-state index in [0.29, 0.717) is 6.04 Å². The van der Waals surface area contributed by atoms with Crippen molar-refractivity contribution < 1.29 is 0 Å². The summed E-state index contributed by atoms with van der Waals surface area (Å²) in [4.78, 5) is 0. The Hall–Kier alpha value is -0.340. The maximum atomic E-state index is 5.74. The fraction of sp³-hybridized carbons (Fsp3) is 0.636. The van der Waals surface area contributed by atoms with E-state index in [2.05, 4.69) is 30.7 Å². The summed E-state index contributed by atoms with van der Waals surface area (Å²) in [5.41, 5.74) is 7.22. The largest absolute Gasteiger partial charge is 0.328 e. The fourth-order valence-electron chi connectivity index (χ4n) is 1.60. The molecule has 1 aromatic heterocycles. The summed E-state index contributed by atoms with van der Waals surface area (Å²) < 4.78 is 0. The molecule has 1 nitrogen and oxygen atoms in total. The monoisotopic (exact) mass is 197 g/mol. The Morgan fingerprint density at radius 1 is 1.46 bits per heavy atom. The second-order valence-electron chi connectivity index (χ2n) is 3.99. The molecule has 2 unspecified atom stereocenters. The summed E-state index contributed by atoms with van der Waals surface area (Å²) in [7, 11) is 0. The van der Waals surface area contributed by atoms with Crippen LogP contribution in [0.5, 0.6) is 0 Å². The number of rotatable bonds is 5. The van der Waals surface area contributed by atoms with Crippen molar-refractivity contribution in [3.63, 3.8) is 0 Å². The third kappa shape index (κ3) is 4.44. The Balaban J connectivity index is 2.19. The predicted octanol–water partition coefficient (Wildman–Crippen LogP) is 3.05. The van der Waals surface area contributed by atoms with Crippen molar-refractivity contribution in [2.24, 2.45) is 11.7 Å². The molecule has 2 atom stereocenters. The van der Waals surface area contributed by atoms with Crippen LogP contribution in [0.3, 0.4) is 0 Å². The predicted molar refractivity (Wildman–Crippen MR) is 60.1 cm³/mol. The van der Waals surface area contributed by atoms with Gasteiger partial charge in [0, 0.05) is 6.04 Å². The van der Waals surface area contributed by atoms with Gasteiger partial charge in [-0.3, -0.25) is 0 Å². The maximum Gasteiger partial charge on any atom is 0.00130 e. The molecule has 0 bridgehead atoms. The Bertz CT molecular complexity index is 216. The van der Waals surface area contributed by atoms with Crippen molar-refractivity contribution in [2.75, 3.05) is 0 Å². The molecule has 1 heterocycles. The minimum Gasteiger partial charge on any atom is -0.328 e. The summed E-state index contributed by atoms with van der Waals surface area (Å²) >= 11 is 1.78. The molecule has 0 spiro atoms. The van der Waals surface area contributed by atoms with E-state index < -0.39 is 0 Å². The van der Waals surface area contributed by atoms with E-state index in [0.717, 1.165) is 12.3 Å². The number of thiophene rings is 1. The van der Waals surface area contributed by atoms with Crippen molar-refractivity contribution in [1.29, 1.82) is 0 Å². The molecule has 0 fully saturated rings. The molecule has 0 radical (unpaired) electrons. The lowest BCUT2D eigenvalue weighted by Gasteiger charge is -2.12. The Morgan fingerprint density at radius 3 is 2.77 bits per heavy atom. The fourth-order valence-corrected chi connectivity index (χ4v) is 2.30.